The van der Waals surface area contributed by atoms with Crippen LogP contribution in [0.1, 0.15) is 0 Å². The average molecular weight is 420 g/mol. The largest absolute Gasteiger partial charge is 0.741 e. The second kappa shape index (κ2) is 7.99. The molecule has 0 N–H and O–H groups in total. The quantitative estimate of drug-likeness (QED) is 0.338. The van der Waals surface area contributed by atoms with Crippen LogP contribution in [0, 0.1) is 0 Å². The molecule has 0 bridgehead atoms. The van der Waals surface area contributed by atoms with Crippen LogP contribution in [0.15, 0.2) is 59.5 Å². The van der Waals surface area contributed by atoms with Crippen molar-refractivity contribution in [1.82, 2.24) is 0 Å². The summed E-state index contributed by atoms with van der Waals surface area (Å²) in [6, 6.07) is 19.8. The number of hydrogen-bond acceptors (Lipinski definition) is 4. The van der Waals surface area contributed by atoms with Crippen LogP contribution in [-0.4, -0.2) is 31.0 Å². The third-order valence-electron chi connectivity index (χ3n) is 3.32. The van der Waals surface area contributed by atoms with Gasteiger partial charge < -0.3 is 4.55 Å². The highest BCUT2D eigenvalue weighted by atomic mass is 32.2. The fourth-order valence-electron chi connectivity index (χ4n) is 2.02. The van der Waals surface area contributed by atoms with E-state index >= 15 is 0 Å². The standard InChI is InChI=1S/C16H15S2.CHF3O3S/c1-18(2)14-9-7-12(8-10-14)16-11-13-5-3-4-6-15(13)17-16;2-1(3,4)8(5,6)7/h3-11H,1-2H3;(H,5,6,7)/q+1;/p-1. The average Bonchev–Trinajstić information content (AvgIpc) is 2.97. The highest BCUT2D eigenvalue weighted by molar-refractivity contribution is 7.95. The maximum absolute atomic E-state index is 10.7. The predicted molar refractivity (Wildman–Crippen MR) is 100 cm³/mol. The number of halogens is 3. The van der Waals surface area contributed by atoms with Crippen LogP contribution in [0.25, 0.3) is 20.5 Å². The summed E-state index contributed by atoms with van der Waals surface area (Å²) in [6.45, 7) is 0. The van der Waals surface area contributed by atoms with Crippen molar-refractivity contribution in [3.05, 3.63) is 54.6 Å². The van der Waals surface area contributed by atoms with E-state index < -0.39 is 15.6 Å². The van der Waals surface area contributed by atoms with Crippen molar-refractivity contribution >= 4 is 42.4 Å². The number of alkyl halides is 3. The molecule has 0 fully saturated rings. The maximum atomic E-state index is 10.7. The first-order valence-electron chi connectivity index (χ1n) is 7.18. The van der Waals surface area contributed by atoms with Gasteiger partial charge in [-0.3, -0.25) is 0 Å². The Kier molecular flexibility index (Phi) is 6.38. The van der Waals surface area contributed by atoms with Crippen molar-refractivity contribution < 1.29 is 26.1 Å². The molecule has 140 valence electrons. The van der Waals surface area contributed by atoms with Gasteiger partial charge in [0.25, 0.3) is 0 Å². The minimum atomic E-state index is -6.09. The van der Waals surface area contributed by atoms with E-state index in [0.717, 1.165) is 0 Å². The van der Waals surface area contributed by atoms with E-state index in [2.05, 4.69) is 67.1 Å². The Morgan fingerprint density at radius 1 is 1.00 bits per heavy atom. The van der Waals surface area contributed by atoms with Gasteiger partial charge in [0.05, 0.1) is 0 Å². The first-order chi connectivity index (χ1) is 12.0. The fraction of sp³-hybridized carbons (Fsp3) is 0.176. The van der Waals surface area contributed by atoms with E-state index in [-0.39, 0.29) is 0 Å². The zero-order valence-corrected chi connectivity index (χ0v) is 16.2. The van der Waals surface area contributed by atoms with Crippen LogP contribution in [0.5, 0.6) is 0 Å². The van der Waals surface area contributed by atoms with Gasteiger partial charge in [0.1, 0.15) is 12.5 Å². The van der Waals surface area contributed by atoms with Gasteiger partial charge in [0.15, 0.2) is 15.0 Å². The van der Waals surface area contributed by atoms with Gasteiger partial charge >= 0.3 is 5.51 Å². The lowest BCUT2D eigenvalue weighted by molar-refractivity contribution is -0.0517. The highest BCUT2D eigenvalue weighted by Crippen LogP contribution is 2.33. The summed E-state index contributed by atoms with van der Waals surface area (Å²) in [7, 11) is -5.75. The lowest BCUT2D eigenvalue weighted by atomic mass is 10.1. The van der Waals surface area contributed by atoms with Crippen molar-refractivity contribution in [2.45, 2.75) is 10.4 Å². The monoisotopic (exact) mass is 420 g/mol. The zero-order chi connectivity index (χ0) is 19.5. The molecule has 26 heavy (non-hydrogen) atoms. The molecule has 0 aliphatic carbocycles. The van der Waals surface area contributed by atoms with E-state index in [9.17, 15) is 13.2 Å². The second-order valence-corrected chi connectivity index (χ2v) is 9.95. The SMILES string of the molecule is C[S+](C)c1ccc(-c2cc3ccccc3s2)cc1.O=S(=O)([O-])C(F)(F)F. The molecule has 0 aliphatic rings. The van der Waals surface area contributed by atoms with E-state index in [0.29, 0.717) is 10.9 Å². The second-order valence-electron chi connectivity index (χ2n) is 5.39. The fourth-order valence-corrected chi connectivity index (χ4v) is 3.76. The summed E-state index contributed by atoms with van der Waals surface area (Å²) < 4.78 is 60.3. The molecule has 3 nitrogen and oxygen atoms in total. The Labute approximate surface area is 156 Å². The molecule has 9 heteroatoms. The molecule has 1 heterocycles. The van der Waals surface area contributed by atoms with E-state index in [4.69, 9.17) is 13.0 Å². The Bertz CT molecular complexity index is 943. The van der Waals surface area contributed by atoms with Crippen molar-refractivity contribution in [1.29, 1.82) is 0 Å². The Morgan fingerprint density at radius 3 is 2.00 bits per heavy atom. The van der Waals surface area contributed by atoms with Crippen molar-refractivity contribution in [3.63, 3.8) is 0 Å². The van der Waals surface area contributed by atoms with Gasteiger partial charge in [0, 0.05) is 20.5 Å². The number of rotatable bonds is 2. The van der Waals surface area contributed by atoms with Gasteiger partial charge in [-0.1, -0.05) is 18.2 Å². The van der Waals surface area contributed by atoms with Crippen LogP contribution < -0.4 is 0 Å². The Hall–Kier alpha value is -1.55. The smallest absolute Gasteiger partial charge is 0.485 e. The molecule has 0 radical (unpaired) electrons. The number of fused-ring (bicyclic) bond motifs is 1. The summed E-state index contributed by atoms with van der Waals surface area (Å²) in [4.78, 5) is 2.79. The van der Waals surface area contributed by atoms with Gasteiger partial charge in [-0.05, 0) is 47.3 Å². The first kappa shape index (κ1) is 20.8. The highest BCUT2D eigenvalue weighted by Gasteiger charge is 2.36. The van der Waals surface area contributed by atoms with E-state index in [1.165, 1.54) is 25.4 Å². The number of thiophene rings is 1. The molecule has 2 aromatic carbocycles. The number of hydrogen-bond donors (Lipinski definition) is 0. The molecular weight excluding hydrogens is 405 g/mol. The maximum Gasteiger partial charge on any atom is 0.485 e. The molecule has 3 aromatic rings. The molecule has 0 atom stereocenters. The van der Waals surface area contributed by atoms with Crippen LogP contribution in [-0.2, 0) is 21.0 Å². The molecule has 3 rings (SSSR count). The summed E-state index contributed by atoms with van der Waals surface area (Å²) in [5, 5.41) is 1.34. The lowest BCUT2D eigenvalue weighted by Crippen LogP contribution is -2.21. The Balaban J connectivity index is 0.000000260. The first-order valence-corrected chi connectivity index (χ1v) is 11.4. The minimum absolute atomic E-state index is 0.345. The van der Waals surface area contributed by atoms with Crippen LogP contribution in [0.2, 0.25) is 0 Å². The Morgan fingerprint density at radius 2 is 1.54 bits per heavy atom. The topological polar surface area (TPSA) is 57.2 Å². The van der Waals surface area contributed by atoms with Crippen molar-refractivity contribution in [2.24, 2.45) is 0 Å². The van der Waals surface area contributed by atoms with Crippen LogP contribution in [0.3, 0.4) is 0 Å². The molecule has 0 unspecified atom stereocenters. The zero-order valence-electron chi connectivity index (χ0n) is 13.8. The molecule has 0 saturated carbocycles. The van der Waals surface area contributed by atoms with Crippen molar-refractivity contribution in [3.8, 4) is 10.4 Å². The van der Waals surface area contributed by atoms with Gasteiger partial charge in [-0.15, -0.1) is 11.3 Å². The molecule has 0 aliphatic heterocycles. The summed E-state index contributed by atoms with van der Waals surface area (Å²) in [5.41, 5.74) is -4.32. The normalized spacial score (nSPS) is 12.1. The van der Waals surface area contributed by atoms with E-state index in [1.54, 1.807) is 0 Å². The molecule has 1 aromatic heterocycles. The third kappa shape index (κ3) is 5.23. The summed E-state index contributed by atoms with van der Waals surface area (Å²) in [6.07, 6.45) is 4.52. The molecule has 0 spiro atoms. The molecule has 0 saturated heterocycles. The van der Waals surface area contributed by atoms with Gasteiger partial charge in [-0.25, -0.2) is 8.42 Å². The van der Waals surface area contributed by atoms with Gasteiger partial charge in [-0.2, -0.15) is 13.2 Å². The van der Waals surface area contributed by atoms with Crippen molar-refractivity contribution in [2.75, 3.05) is 12.5 Å². The molecular formula is C17H15F3O3S3. The minimum Gasteiger partial charge on any atom is -0.741 e. The molecule has 0 amide bonds. The third-order valence-corrected chi connectivity index (χ3v) is 6.27. The lowest BCUT2D eigenvalue weighted by Gasteiger charge is -2.08. The summed E-state index contributed by atoms with van der Waals surface area (Å²) >= 11 is 1.87. The van der Waals surface area contributed by atoms with Crippen LogP contribution >= 0.6 is 11.3 Å². The van der Waals surface area contributed by atoms with E-state index in [1.807, 2.05) is 11.3 Å². The van der Waals surface area contributed by atoms with Gasteiger partial charge in [0.2, 0.25) is 0 Å². The van der Waals surface area contributed by atoms with Crippen LogP contribution in [0.4, 0.5) is 13.2 Å². The number of benzene rings is 2. The summed E-state index contributed by atoms with van der Waals surface area (Å²) in [5.74, 6) is 0. The predicted octanol–water partition coefficient (Wildman–Crippen LogP) is 4.86.